The average Bonchev–Trinajstić information content (AvgIpc) is 2.23. The molecule has 0 aromatic carbocycles. The normalized spacial score (nSPS) is 33.3. The van der Waals surface area contributed by atoms with Crippen molar-refractivity contribution in [1.82, 2.24) is 0 Å². The topological polar surface area (TPSA) is 20.2 Å². The lowest BCUT2D eigenvalue weighted by Crippen LogP contribution is -2.44. The Balaban J connectivity index is 2.73. The molecule has 1 nitrogen and oxygen atoms in total. The quantitative estimate of drug-likeness (QED) is 0.580. The second kappa shape index (κ2) is 6.45. The van der Waals surface area contributed by atoms with Gasteiger partial charge in [0.2, 0.25) is 0 Å². The summed E-state index contributed by atoms with van der Waals surface area (Å²) in [4.78, 5) is 0. The molecule has 1 aliphatic rings. The molecular weight excluding hydrogens is 208 g/mol. The fourth-order valence-electron chi connectivity index (χ4n) is 3.00. The number of hydrogen-bond donors (Lipinski definition) is 1. The molecule has 0 spiro atoms. The average molecular weight is 236 g/mol. The van der Waals surface area contributed by atoms with Gasteiger partial charge in [0, 0.05) is 12.3 Å². The lowest BCUT2D eigenvalue weighted by atomic mass is 9.67. The van der Waals surface area contributed by atoms with Crippen LogP contribution in [0.2, 0.25) is 0 Å². The molecule has 3 atom stereocenters. The van der Waals surface area contributed by atoms with Gasteiger partial charge >= 0.3 is 0 Å². The molecule has 0 radical (unpaired) electrons. The first-order valence-electron chi connectivity index (χ1n) is 7.22. The minimum atomic E-state index is -0.723. The summed E-state index contributed by atoms with van der Waals surface area (Å²) in [5.41, 5.74) is -0.723. The van der Waals surface area contributed by atoms with Gasteiger partial charge in [-0.15, -0.1) is 5.92 Å². The zero-order valence-electron chi connectivity index (χ0n) is 11.9. The molecule has 0 aliphatic heterocycles. The molecule has 98 valence electrons. The number of aliphatic hydroxyl groups is 1. The first kappa shape index (κ1) is 14.6. The SMILES string of the molecule is CCCCC#C[C@]1(O)C[C@H](C)CC[C@H]1C(C)C. The standard InChI is InChI=1S/C16H28O/c1-5-6-7-8-11-16(17)12-14(4)9-10-15(16)13(2)3/h13-15,17H,5-7,9-10,12H2,1-4H3/t14-,15+,16+/m1/s1. The van der Waals surface area contributed by atoms with E-state index in [0.717, 1.165) is 25.7 Å². The van der Waals surface area contributed by atoms with Gasteiger partial charge in [0.1, 0.15) is 5.60 Å². The highest BCUT2D eigenvalue weighted by Gasteiger charge is 2.41. The van der Waals surface area contributed by atoms with Gasteiger partial charge in [0.25, 0.3) is 0 Å². The van der Waals surface area contributed by atoms with Crippen LogP contribution in [0.15, 0.2) is 0 Å². The van der Waals surface area contributed by atoms with E-state index in [9.17, 15) is 5.11 Å². The van der Waals surface area contributed by atoms with E-state index in [0.29, 0.717) is 17.8 Å². The van der Waals surface area contributed by atoms with Crippen molar-refractivity contribution in [1.29, 1.82) is 0 Å². The van der Waals surface area contributed by atoms with E-state index in [4.69, 9.17) is 0 Å². The molecule has 0 saturated heterocycles. The van der Waals surface area contributed by atoms with E-state index in [-0.39, 0.29) is 0 Å². The van der Waals surface area contributed by atoms with Crippen molar-refractivity contribution in [2.75, 3.05) is 0 Å². The Morgan fingerprint density at radius 3 is 2.65 bits per heavy atom. The van der Waals surface area contributed by atoms with Gasteiger partial charge in [-0.25, -0.2) is 0 Å². The minimum absolute atomic E-state index is 0.354. The highest BCUT2D eigenvalue weighted by Crippen LogP contribution is 2.40. The van der Waals surface area contributed by atoms with Gasteiger partial charge in [-0.1, -0.05) is 46.5 Å². The predicted molar refractivity (Wildman–Crippen MR) is 73.6 cm³/mol. The minimum Gasteiger partial charge on any atom is -0.377 e. The predicted octanol–water partition coefficient (Wildman–Crippen LogP) is 4.00. The summed E-state index contributed by atoms with van der Waals surface area (Å²) in [6.45, 7) is 8.82. The zero-order valence-corrected chi connectivity index (χ0v) is 11.9. The number of rotatable bonds is 3. The summed E-state index contributed by atoms with van der Waals surface area (Å²) in [6, 6.07) is 0. The van der Waals surface area contributed by atoms with Crippen LogP contribution in [0.5, 0.6) is 0 Å². The van der Waals surface area contributed by atoms with Crippen LogP contribution in [0.4, 0.5) is 0 Å². The molecule has 1 rings (SSSR count). The van der Waals surface area contributed by atoms with Crippen molar-refractivity contribution in [2.24, 2.45) is 17.8 Å². The van der Waals surface area contributed by atoms with E-state index in [1.807, 2.05) is 0 Å². The number of hydrogen-bond acceptors (Lipinski definition) is 1. The van der Waals surface area contributed by atoms with Gasteiger partial charge in [-0.05, 0) is 31.1 Å². The first-order valence-corrected chi connectivity index (χ1v) is 7.22. The van der Waals surface area contributed by atoms with Crippen molar-refractivity contribution in [3.63, 3.8) is 0 Å². The first-order chi connectivity index (χ1) is 7.99. The molecule has 0 amide bonds. The van der Waals surface area contributed by atoms with E-state index in [1.165, 1.54) is 12.8 Å². The molecule has 1 fully saturated rings. The fourth-order valence-corrected chi connectivity index (χ4v) is 3.00. The molecule has 0 unspecified atom stereocenters. The third-order valence-electron chi connectivity index (χ3n) is 4.01. The fraction of sp³-hybridized carbons (Fsp3) is 0.875. The smallest absolute Gasteiger partial charge is 0.128 e. The molecule has 1 N–H and O–H groups in total. The summed E-state index contributed by atoms with van der Waals surface area (Å²) in [7, 11) is 0. The van der Waals surface area contributed by atoms with Crippen LogP contribution in [-0.4, -0.2) is 10.7 Å². The van der Waals surface area contributed by atoms with Crippen LogP contribution < -0.4 is 0 Å². The van der Waals surface area contributed by atoms with Crippen LogP contribution >= 0.6 is 0 Å². The Bertz CT molecular complexity index is 284. The highest BCUT2D eigenvalue weighted by atomic mass is 16.3. The van der Waals surface area contributed by atoms with Crippen molar-refractivity contribution in [3.05, 3.63) is 0 Å². The molecular formula is C16H28O. The van der Waals surface area contributed by atoms with E-state index >= 15 is 0 Å². The van der Waals surface area contributed by atoms with Gasteiger partial charge in [-0.2, -0.15) is 0 Å². The highest BCUT2D eigenvalue weighted by molar-refractivity contribution is 5.18. The Hall–Kier alpha value is -0.480. The molecule has 17 heavy (non-hydrogen) atoms. The molecule has 0 heterocycles. The summed E-state index contributed by atoms with van der Waals surface area (Å²) < 4.78 is 0. The molecule has 0 aromatic rings. The summed E-state index contributed by atoms with van der Waals surface area (Å²) in [5.74, 6) is 7.88. The van der Waals surface area contributed by atoms with E-state index in [1.54, 1.807) is 0 Å². The molecule has 0 aromatic heterocycles. The van der Waals surface area contributed by atoms with Crippen molar-refractivity contribution < 1.29 is 5.11 Å². The van der Waals surface area contributed by atoms with Crippen LogP contribution in [0.25, 0.3) is 0 Å². The van der Waals surface area contributed by atoms with Crippen LogP contribution in [0.3, 0.4) is 0 Å². The zero-order chi connectivity index (χ0) is 12.9. The Kier molecular flexibility index (Phi) is 5.53. The summed E-state index contributed by atoms with van der Waals surface area (Å²) in [5, 5.41) is 10.8. The Morgan fingerprint density at radius 1 is 1.35 bits per heavy atom. The van der Waals surface area contributed by atoms with Gasteiger partial charge in [-0.3, -0.25) is 0 Å². The monoisotopic (exact) mass is 236 g/mol. The summed E-state index contributed by atoms with van der Waals surface area (Å²) in [6.07, 6.45) is 6.47. The Labute approximate surface area is 107 Å². The maximum Gasteiger partial charge on any atom is 0.128 e. The number of unbranched alkanes of at least 4 members (excludes halogenated alkanes) is 2. The lowest BCUT2D eigenvalue weighted by molar-refractivity contribution is -0.0327. The van der Waals surface area contributed by atoms with Gasteiger partial charge < -0.3 is 5.11 Å². The van der Waals surface area contributed by atoms with Gasteiger partial charge in [0.05, 0.1) is 0 Å². The van der Waals surface area contributed by atoms with E-state index in [2.05, 4.69) is 39.5 Å². The van der Waals surface area contributed by atoms with Crippen LogP contribution in [-0.2, 0) is 0 Å². The van der Waals surface area contributed by atoms with Crippen molar-refractivity contribution >= 4 is 0 Å². The van der Waals surface area contributed by atoms with Crippen LogP contribution in [0, 0.1) is 29.6 Å². The molecule has 1 heteroatoms. The lowest BCUT2D eigenvalue weighted by Gasteiger charge is -2.41. The Morgan fingerprint density at radius 2 is 2.06 bits per heavy atom. The second-order valence-electron chi connectivity index (χ2n) is 6.07. The second-order valence-corrected chi connectivity index (χ2v) is 6.07. The summed E-state index contributed by atoms with van der Waals surface area (Å²) >= 11 is 0. The molecule has 1 aliphatic carbocycles. The largest absolute Gasteiger partial charge is 0.377 e. The van der Waals surface area contributed by atoms with Gasteiger partial charge in [0.15, 0.2) is 0 Å². The van der Waals surface area contributed by atoms with Crippen LogP contribution in [0.1, 0.15) is 66.2 Å². The molecule has 0 bridgehead atoms. The maximum atomic E-state index is 10.8. The maximum absolute atomic E-state index is 10.8. The van der Waals surface area contributed by atoms with Crippen molar-refractivity contribution in [2.45, 2.75) is 71.8 Å². The molecule has 1 saturated carbocycles. The van der Waals surface area contributed by atoms with Crippen molar-refractivity contribution in [3.8, 4) is 11.8 Å². The third-order valence-corrected chi connectivity index (χ3v) is 4.01. The third kappa shape index (κ3) is 4.03. The van der Waals surface area contributed by atoms with E-state index < -0.39 is 5.60 Å².